The minimum Gasteiger partial charge on any atom is -0.326 e. The normalized spacial score (nSPS) is 15.7. The predicted octanol–water partition coefficient (Wildman–Crippen LogP) is -3.71. The van der Waals surface area contributed by atoms with Crippen molar-refractivity contribution in [1.29, 1.82) is 0 Å². The van der Waals surface area contributed by atoms with E-state index in [0.29, 0.717) is 0 Å². The van der Waals surface area contributed by atoms with Gasteiger partial charge in [-0.1, -0.05) is 25.7 Å². The summed E-state index contributed by atoms with van der Waals surface area (Å²) in [6, 6.07) is 0. The van der Waals surface area contributed by atoms with E-state index in [0.717, 1.165) is 26.2 Å². The topological polar surface area (TPSA) is 9.72 Å². The molecule has 10 radical (unpaired) electrons. The van der Waals surface area contributed by atoms with Gasteiger partial charge in [-0.3, -0.25) is 0 Å². The molecule has 26 heavy (non-hydrogen) atoms. The molecule has 0 amide bonds. The molecular formula is C20H34Li2MnN3. The van der Waals surface area contributed by atoms with Crippen LogP contribution in [0.15, 0.2) is 0 Å². The van der Waals surface area contributed by atoms with Gasteiger partial charge in [0, 0.05) is 43.2 Å². The smallest absolute Gasteiger partial charge is 0.326 e. The van der Waals surface area contributed by atoms with Gasteiger partial charge in [-0.2, -0.15) is 25.7 Å². The summed E-state index contributed by atoms with van der Waals surface area (Å²) in [5, 5.41) is 0. The Labute approximate surface area is 200 Å². The molecule has 0 aromatic heterocycles. The third-order valence-corrected chi connectivity index (χ3v) is 3.08. The summed E-state index contributed by atoms with van der Waals surface area (Å²) in [6.07, 6.45) is 22.0. The van der Waals surface area contributed by atoms with Gasteiger partial charge >= 0.3 is 37.7 Å². The molecule has 138 valence electrons. The van der Waals surface area contributed by atoms with Gasteiger partial charge in [0.05, 0.1) is 0 Å². The molecule has 0 heterocycles. The summed E-state index contributed by atoms with van der Waals surface area (Å²) < 4.78 is 0. The molecule has 0 aromatic rings. The average molecular weight is 385 g/mol. The fourth-order valence-electron chi connectivity index (χ4n) is 1.56. The Bertz CT molecular complexity index is 206. The zero-order valence-corrected chi connectivity index (χ0v) is 19.1. The van der Waals surface area contributed by atoms with Gasteiger partial charge < -0.3 is 27.5 Å². The fraction of sp³-hybridized carbons (Fsp3) is 0.450. The Balaban J connectivity index is -0.000000146. The van der Waals surface area contributed by atoms with Crippen LogP contribution in [0, 0.1) is 70.6 Å². The van der Waals surface area contributed by atoms with Crippen molar-refractivity contribution in [2.24, 2.45) is 0 Å². The first kappa shape index (κ1) is 35.1. The SMILES string of the molecule is CN(C)CCN(C)CCN(C)C.[CH]1[CH][CH][CH-][CH]1.[CH]1[CH][CH][CH-][CH][CH]1.[Li+].[Li+].[Mn]. The molecule has 2 aliphatic rings. The number of hydrogen-bond acceptors (Lipinski definition) is 3. The first-order chi connectivity index (χ1) is 11.0. The quantitative estimate of drug-likeness (QED) is 0.344. The molecule has 0 spiro atoms. The van der Waals surface area contributed by atoms with Crippen LogP contribution in [-0.2, 0) is 17.1 Å². The Kier molecular flexibility index (Phi) is 35.9. The number of nitrogens with zero attached hydrogens (tertiary/aromatic N) is 3. The van der Waals surface area contributed by atoms with Crippen LogP contribution < -0.4 is 37.7 Å². The number of likely N-dealkylation sites (N-methyl/N-ethyl adjacent to an activating group) is 3. The van der Waals surface area contributed by atoms with E-state index < -0.39 is 0 Å². The van der Waals surface area contributed by atoms with Crippen LogP contribution in [0.25, 0.3) is 0 Å². The van der Waals surface area contributed by atoms with Crippen molar-refractivity contribution < 1.29 is 54.8 Å². The van der Waals surface area contributed by atoms with Crippen LogP contribution in [0.5, 0.6) is 0 Å². The molecule has 0 aromatic carbocycles. The summed E-state index contributed by atoms with van der Waals surface area (Å²) >= 11 is 0. The molecule has 0 N–H and O–H groups in total. The van der Waals surface area contributed by atoms with E-state index in [1.165, 1.54) is 0 Å². The van der Waals surface area contributed by atoms with Crippen molar-refractivity contribution in [3.8, 4) is 0 Å². The van der Waals surface area contributed by atoms with Crippen LogP contribution in [0.3, 0.4) is 0 Å². The van der Waals surface area contributed by atoms with Crippen LogP contribution >= 0.6 is 0 Å². The van der Waals surface area contributed by atoms with E-state index in [4.69, 9.17) is 0 Å². The van der Waals surface area contributed by atoms with Crippen LogP contribution in [0.4, 0.5) is 0 Å². The third-order valence-electron chi connectivity index (χ3n) is 3.08. The fourth-order valence-corrected chi connectivity index (χ4v) is 1.56. The maximum atomic E-state index is 2.36. The molecular weight excluding hydrogens is 351 g/mol. The maximum Gasteiger partial charge on any atom is 1.00 e. The van der Waals surface area contributed by atoms with E-state index in [1.54, 1.807) is 0 Å². The van der Waals surface area contributed by atoms with Gasteiger partial charge in [-0.05, 0) is 41.7 Å². The molecule has 0 bridgehead atoms. The van der Waals surface area contributed by atoms with E-state index in [-0.39, 0.29) is 54.8 Å². The van der Waals surface area contributed by atoms with Crippen molar-refractivity contribution in [1.82, 2.24) is 14.7 Å². The van der Waals surface area contributed by atoms with Crippen LogP contribution in [-0.4, -0.2) is 76.1 Å². The first-order valence-corrected chi connectivity index (χ1v) is 8.17. The molecule has 3 nitrogen and oxygen atoms in total. The van der Waals surface area contributed by atoms with Gasteiger partial charge in [-0.15, -0.1) is 0 Å². The molecule has 6 heteroatoms. The van der Waals surface area contributed by atoms with Crippen LogP contribution in [0.2, 0.25) is 0 Å². The second-order valence-electron chi connectivity index (χ2n) is 6.03. The van der Waals surface area contributed by atoms with E-state index in [1.807, 2.05) is 70.6 Å². The Morgan fingerprint density at radius 2 is 0.846 bits per heavy atom. The minimum absolute atomic E-state index is 0. The van der Waals surface area contributed by atoms with Gasteiger partial charge in [0.1, 0.15) is 0 Å². The van der Waals surface area contributed by atoms with Crippen LogP contribution in [0.1, 0.15) is 0 Å². The molecule has 2 fully saturated rings. The van der Waals surface area contributed by atoms with E-state index in [2.05, 4.69) is 49.9 Å². The van der Waals surface area contributed by atoms with Crippen molar-refractivity contribution in [3.05, 3.63) is 70.6 Å². The first-order valence-electron chi connectivity index (χ1n) is 8.17. The van der Waals surface area contributed by atoms with E-state index >= 15 is 0 Å². The summed E-state index contributed by atoms with van der Waals surface area (Å²) in [5.41, 5.74) is 0. The third kappa shape index (κ3) is 30.3. The average Bonchev–Trinajstić information content (AvgIpc) is 3.13. The van der Waals surface area contributed by atoms with E-state index in [9.17, 15) is 0 Å². The Morgan fingerprint density at radius 1 is 0.538 bits per heavy atom. The Hall–Kier alpha value is 1.59. The standard InChI is InChI=1S/C9H23N3.C6H6.C5H5.2Li.Mn/c1-10(2)6-8-12(5)9-7-11(3)4;1-2-4-6-5-3-1;1-2-4-5-3-1;;;/h6-9H2,1-5H3;1-6H;1-5H;;;/q;2*-1;2*+1;. The summed E-state index contributed by atoms with van der Waals surface area (Å²) in [5.74, 6) is 0. The van der Waals surface area contributed by atoms with Gasteiger partial charge in [0.2, 0.25) is 0 Å². The zero-order chi connectivity index (χ0) is 17.3. The predicted molar refractivity (Wildman–Crippen MR) is 102 cm³/mol. The minimum atomic E-state index is 0. The molecule has 0 atom stereocenters. The second kappa shape index (κ2) is 26.6. The van der Waals surface area contributed by atoms with Gasteiger partial charge in [0.15, 0.2) is 0 Å². The van der Waals surface area contributed by atoms with Gasteiger partial charge in [-0.25, -0.2) is 0 Å². The molecule has 2 aliphatic carbocycles. The molecule has 0 unspecified atom stereocenters. The van der Waals surface area contributed by atoms with Crippen molar-refractivity contribution in [2.45, 2.75) is 0 Å². The summed E-state index contributed by atoms with van der Waals surface area (Å²) in [4.78, 5) is 6.79. The molecule has 2 rings (SSSR count). The van der Waals surface area contributed by atoms with Crippen molar-refractivity contribution in [2.75, 3.05) is 61.4 Å². The number of rotatable bonds is 6. The summed E-state index contributed by atoms with van der Waals surface area (Å²) in [6.45, 7) is 4.59. The largest absolute Gasteiger partial charge is 1.00 e. The molecule has 0 aliphatic heterocycles. The zero-order valence-electron chi connectivity index (χ0n) is 17.9. The van der Waals surface area contributed by atoms with Crippen molar-refractivity contribution in [3.63, 3.8) is 0 Å². The van der Waals surface area contributed by atoms with Crippen molar-refractivity contribution >= 4 is 0 Å². The monoisotopic (exact) mass is 385 g/mol. The maximum absolute atomic E-state index is 2.36. The molecule has 2 saturated carbocycles. The number of hydrogen-bond donors (Lipinski definition) is 0. The molecule has 0 saturated heterocycles. The summed E-state index contributed by atoms with van der Waals surface area (Å²) in [7, 11) is 10.6. The Morgan fingerprint density at radius 3 is 1.00 bits per heavy atom. The second-order valence-corrected chi connectivity index (χ2v) is 6.03. The van der Waals surface area contributed by atoms with Gasteiger partial charge in [0.25, 0.3) is 0 Å².